The van der Waals surface area contributed by atoms with E-state index in [0.29, 0.717) is 11.6 Å². The number of benzene rings is 11. The van der Waals surface area contributed by atoms with Crippen LogP contribution in [0.4, 0.5) is 17.1 Å². The van der Waals surface area contributed by atoms with Crippen LogP contribution in [0, 0.1) is 0 Å². The molecule has 0 saturated heterocycles. The van der Waals surface area contributed by atoms with Crippen molar-refractivity contribution in [2.45, 2.75) is 5.41 Å². The van der Waals surface area contributed by atoms with Gasteiger partial charge in [0.1, 0.15) is 0 Å². The van der Waals surface area contributed by atoms with E-state index in [-0.39, 0.29) is 0 Å². The van der Waals surface area contributed by atoms with E-state index >= 15 is 0 Å². The second kappa shape index (κ2) is 20.7. The first-order valence-corrected chi connectivity index (χ1v) is 27.1. The second-order valence-electron chi connectivity index (χ2n) is 20.2. The van der Waals surface area contributed by atoms with Crippen LogP contribution in [0.15, 0.2) is 309 Å². The van der Waals surface area contributed by atoms with Gasteiger partial charge in [-0.1, -0.05) is 267 Å². The van der Waals surface area contributed by atoms with Crippen LogP contribution in [0.1, 0.15) is 22.3 Å². The largest absolute Gasteiger partial charge is 0.310 e. The summed E-state index contributed by atoms with van der Waals surface area (Å²) < 4.78 is 0. The molecular weight excluding hydrogens is 971 g/mol. The molecule has 0 unspecified atom stereocenters. The predicted molar refractivity (Wildman–Crippen MR) is 328 cm³/mol. The van der Waals surface area contributed by atoms with Crippen molar-refractivity contribution >= 4 is 17.1 Å². The minimum atomic E-state index is -0.595. The van der Waals surface area contributed by atoms with Crippen LogP contribution in [-0.4, -0.2) is 19.9 Å². The van der Waals surface area contributed by atoms with Crippen molar-refractivity contribution in [3.63, 3.8) is 0 Å². The Balaban J connectivity index is 0.928. The van der Waals surface area contributed by atoms with Crippen molar-refractivity contribution in [1.82, 2.24) is 19.9 Å². The highest BCUT2D eigenvalue weighted by atomic mass is 15.2. The van der Waals surface area contributed by atoms with Crippen LogP contribution >= 0.6 is 0 Å². The zero-order valence-electron chi connectivity index (χ0n) is 43.7. The highest BCUT2D eigenvalue weighted by Crippen LogP contribution is 2.58. The number of para-hydroxylation sites is 2. The van der Waals surface area contributed by atoms with Gasteiger partial charge in [0.25, 0.3) is 0 Å². The maximum absolute atomic E-state index is 5.17. The Bertz CT molecular complexity index is 3910. The van der Waals surface area contributed by atoms with Gasteiger partial charge < -0.3 is 4.90 Å². The average Bonchev–Trinajstić information content (AvgIpc) is 3.07. The van der Waals surface area contributed by atoms with Crippen molar-refractivity contribution in [3.8, 4) is 90.1 Å². The van der Waals surface area contributed by atoms with E-state index in [0.717, 1.165) is 95.5 Å². The van der Waals surface area contributed by atoms with Crippen molar-refractivity contribution < 1.29 is 0 Å². The minimum Gasteiger partial charge on any atom is -0.310 e. The van der Waals surface area contributed by atoms with Crippen molar-refractivity contribution in [1.29, 1.82) is 0 Å². The van der Waals surface area contributed by atoms with Gasteiger partial charge in [0.05, 0.1) is 39.6 Å². The molecule has 11 aromatic carbocycles. The lowest BCUT2D eigenvalue weighted by molar-refractivity contribution is 0.731. The molecule has 2 aromatic heterocycles. The minimum absolute atomic E-state index is 0.595. The molecule has 0 amide bonds. The molecule has 1 aliphatic heterocycles. The van der Waals surface area contributed by atoms with E-state index in [1.54, 1.807) is 0 Å². The fraction of sp³-hybridized carbons (Fsp3) is 0.0133. The van der Waals surface area contributed by atoms with E-state index in [1.165, 1.54) is 22.3 Å². The summed E-state index contributed by atoms with van der Waals surface area (Å²) in [6, 6.07) is 110. The average molecular weight is 1020 g/mol. The van der Waals surface area contributed by atoms with Crippen LogP contribution in [0.25, 0.3) is 90.1 Å². The Morgan fingerprint density at radius 3 is 0.875 bits per heavy atom. The van der Waals surface area contributed by atoms with Crippen LogP contribution in [0.2, 0.25) is 0 Å². The van der Waals surface area contributed by atoms with Crippen molar-refractivity contribution in [2.75, 3.05) is 4.90 Å². The number of rotatable bonds is 11. The normalized spacial score (nSPS) is 12.3. The Kier molecular flexibility index (Phi) is 12.4. The van der Waals surface area contributed by atoms with Crippen LogP contribution in [0.3, 0.4) is 0 Å². The Morgan fingerprint density at radius 1 is 0.225 bits per heavy atom. The highest BCUT2D eigenvalue weighted by molar-refractivity contribution is 5.92. The third kappa shape index (κ3) is 8.83. The first-order valence-electron chi connectivity index (χ1n) is 27.1. The third-order valence-electron chi connectivity index (χ3n) is 15.4. The van der Waals surface area contributed by atoms with Gasteiger partial charge in [0.15, 0.2) is 11.6 Å². The summed E-state index contributed by atoms with van der Waals surface area (Å²) in [5.74, 6) is 1.38. The lowest BCUT2D eigenvalue weighted by atomic mass is 9.62. The molecule has 13 aromatic rings. The summed E-state index contributed by atoms with van der Waals surface area (Å²) in [6.45, 7) is 0. The molecule has 0 spiro atoms. The summed E-state index contributed by atoms with van der Waals surface area (Å²) in [5.41, 5.74) is 21.4. The van der Waals surface area contributed by atoms with E-state index in [4.69, 9.17) is 19.9 Å². The molecule has 1 aliphatic rings. The van der Waals surface area contributed by atoms with Gasteiger partial charge in [-0.2, -0.15) is 0 Å². The summed E-state index contributed by atoms with van der Waals surface area (Å²) in [6.07, 6.45) is 0. The Hall–Kier alpha value is -10.6. The van der Waals surface area contributed by atoms with Gasteiger partial charge in [-0.15, -0.1) is 0 Å². The second-order valence-corrected chi connectivity index (χ2v) is 20.2. The molecule has 0 fully saturated rings. The predicted octanol–water partition coefficient (Wildman–Crippen LogP) is 18.8. The maximum Gasteiger partial charge on any atom is 0.160 e. The number of fused-ring (bicyclic) bond motifs is 2. The van der Waals surface area contributed by atoms with Crippen LogP contribution in [0.5, 0.6) is 0 Å². The number of anilines is 3. The molecule has 0 N–H and O–H groups in total. The van der Waals surface area contributed by atoms with Crippen molar-refractivity contribution in [3.05, 3.63) is 332 Å². The van der Waals surface area contributed by atoms with Crippen LogP contribution in [-0.2, 0) is 5.41 Å². The summed E-state index contributed by atoms with van der Waals surface area (Å²) in [4.78, 5) is 22.9. The van der Waals surface area contributed by atoms with E-state index in [9.17, 15) is 0 Å². The first-order chi connectivity index (χ1) is 39.6. The van der Waals surface area contributed by atoms with Crippen molar-refractivity contribution in [2.24, 2.45) is 0 Å². The molecule has 3 heterocycles. The monoisotopic (exact) mass is 1020 g/mol. The molecule has 0 aliphatic carbocycles. The lowest BCUT2D eigenvalue weighted by Crippen LogP contribution is -2.37. The van der Waals surface area contributed by atoms with E-state index < -0.39 is 5.41 Å². The highest BCUT2D eigenvalue weighted by Gasteiger charge is 2.46. The zero-order valence-corrected chi connectivity index (χ0v) is 43.7. The van der Waals surface area contributed by atoms with Gasteiger partial charge in [-0.05, 0) is 87.0 Å². The molecule has 0 saturated carbocycles. The molecule has 5 heteroatoms. The van der Waals surface area contributed by atoms with Gasteiger partial charge in [0, 0.05) is 39.1 Å². The molecule has 376 valence electrons. The van der Waals surface area contributed by atoms with Gasteiger partial charge in [-0.3, -0.25) is 0 Å². The fourth-order valence-corrected chi connectivity index (χ4v) is 11.6. The van der Waals surface area contributed by atoms with E-state index in [2.05, 4.69) is 266 Å². The molecule has 80 heavy (non-hydrogen) atoms. The van der Waals surface area contributed by atoms with Gasteiger partial charge >= 0.3 is 0 Å². The number of aromatic nitrogens is 4. The van der Waals surface area contributed by atoms with Gasteiger partial charge in [0.2, 0.25) is 0 Å². The maximum atomic E-state index is 5.17. The number of nitrogens with zero attached hydrogens (tertiary/aromatic N) is 5. The molecule has 0 radical (unpaired) electrons. The number of hydrogen-bond acceptors (Lipinski definition) is 5. The Morgan fingerprint density at radius 2 is 0.512 bits per heavy atom. The molecule has 0 bridgehead atoms. The Labute approximate surface area is 466 Å². The summed E-state index contributed by atoms with van der Waals surface area (Å²) in [7, 11) is 0. The molecule has 5 nitrogen and oxygen atoms in total. The summed E-state index contributed by atoms with van der Waals surface area (Å²) in [5, 5.41) is 0. The molecule has 14 rings (SSSR count). The smallest absolute Gasteiger partial charge is 0.160 e. The SMILES string of the molecule is c1ccc(-c2cc(-c3ccc(-c4cc(-c5ccc(-c6cc(-c7ccccc7)nc(-c7ccccc7)n6)cc5)cc(N5c6ccccc6C(c6ccccc6)(c6ccccc6)c6ccccc65)c4)cc3)nc(-c3ccccc3)n2)cc1. The first kappa shape index (κ1) is 47.8. The zero-order chi connectivity index (χ0) is 53.2. The van der Waals surface area contributed by atoms with Crippen LogP contribution < -0.4 is 4.90 Å². The lowest BCUT2D eigenvalue weighted by Gasteiger charge is -2.46. The fourth-order valence-electron chi connectivity index (χ4n) is 11.6. The molecule has 0 atom stereocenters. The topological polar surface area (TPSA) is 54.8 Å². The standard InChI is InChI=1S/C75H51N5/c1-7-23-54(24-8-1)67-50-69(78-73(76-67)58-27-11-3-12-28-58)56-43-39-52(40-44-56)60-47-61(53-41-45-57(46-42-53)70-51-68(55-25-9-2-10-26-55)77-74(79-70)59-29-13-4-14-30-59)49-64(48-60)80-71-37-21-19-35-65(71)75(62-31-15-5-16-32-62,63-33-17-6-18-34-63)66-36-20-22-38-72(66)80/h1-51H. The molecular formula is C75H51N5. The third-order valence-corrected chi connectivity index (χ3v) is 15.4. The summed E-state index contributed by atoms with van der Waals surface area (Å²) >= 11 is 0. The van der Waals surface area contributed by atoms with E-state index in [1.807, 2.05) is 48.5 Å². The number of hydrogen-bond donors (Lipinski definition) is 0. The quantitative estimate of drug-likeness (QED) is 0.129. The van der Waals surface area contributed by atoms with Gasteiger partial charge in [-0.25, -0.2) is 19.9 Å².